The minimum Gasteiger partial charge on any atom is -0.493 e. The van der Waals surface area contributed by atoms with Crippen LogP contribution in [0.15, 0.2) is 96.2 Å². The Balaban J connectivity index is 1.52. The van der Waals surface area contributed by atoms with Crippen LogP contribution in [0.25, 0.3) is 33.2 Å². The molecule has 0 aliphatic carbocycles. The Morgan fingerprint density at radius 1 is 0.949 bits per heavy atom. The van der Waals surface area contributed by atoms with Crippen molar-refractivity contribution < 1.29 is 17.9 Å². The van der Waals surface area contributed by atoms with Crippen LogP contribution in [-0.4, -0.2) is 29.5 Å². The predicted molar refractivity (Wildman–Crippen MR) is 153 cm³/mol. The van der Waals surface area contributed by atoms with E-state index in [0.717, 1.165) is 22.0 Å². The van der Waals surface area contributed by atoms with E-state index in [1.807, 2.05) is 49.4 Å². The second-order valence-corrected chi connectivity index (χ2v) is 11.4. The molecule has 0 aliphatic heterocycles. The number of fused-ring (bicyclic) bond motifs is 2. The number of hydrogen-bond donors (Lipinski definition) is 1. The summed E-state index contributed by atoms with van der Waals surface area (Å²) in [4.78, 5) is 7.83. The van der Waals surface area contributed by atoms with E-state index >= 15 is 0 Å². The summed E-state index contributed by atoms with van der Waals surface area (Å²) in [6, 6.07) is 23.7. The number of aryl methyl sites for hydroxylation is 1. The van der Waals surface area contributed by atoms with E-state index < -0.39 is 10.0 Å². The molecule has 7 nitrogen and oxygen atoms in total. The number of benzene rings is 3. The number of hydrogen-bond acceptors (Lipinski definition) is 5. The third-order valence-corrected chi connectivity index (χ3v) is 8.69. The van der Waals surface area contributed by atoms with Crippen molar-refractivity contribution in [3.8, 4) is 22.8 Å². The Morgan fingerprint density at radius 2 is 1.72 bits per heavy atom. The van der Waals surface area contributed by atoms with E-state index in [0.29, 0.717) is 39.8 Å². The minimum atomic E-state index is -4.02. The van der Waals surface area contributed by atoms with Gasteiger partial charge in [0.15, 0.2) is 17.1 Å². The Morgan fingerprint density at radius 3 is 2.46 bits per heavy atom. The van der Waals surface area contributed by atoms with Crippen molar-refractivity contribution in [2.75, 3.05) is 7.11 Å². The molecule has 3 aromatic carbocycles. The number of pyridine rings is 1. The van der Waals surface area contributed by atoms with Gasteiger partial charge in [-0.3, -0.25) is 0 Å². The average Bonchev–Trinajstić information content (AvgIpc) is 3.54. The molecule has 0 bridgehead atoms. The number of rotatable bonds is 7. The summed E-state index contributed by atoms with van der Waals surface area (Å²) < 4.78 is 41.0. The molecule has 0 unspecified atom stereocenters. The molecular formula is C30H24ClN3O4S. The van der Waals surface area contributed by atoms with Crippen LogP contribution >= 0.6 is 11.6 Å². The molecule has 0 radical (unpaired) electrons. The van der Waals surface area contributed by atoms with Crippen LogP contribution in [0.5, 0.6) is 11.5 Å². The smallest absolute Gasteiger partial charge is 0.269 e. The van der Waals surface area contributed by atoms with Crippen LogP contribution in [-0.2, 0) is 16.6 Å². The Kier molecular flexibility index (Phi) is 6.29. The summed E-state index contributed by atoms with van der Waals surface area (Å²) in [5, 5.41) is 1.71. The second-order valence-electron chi connectivity index (χ2n) is 9.17. The van der Waals surface area contributed by atoms with Gasteiger partial charge in [-0.15, -0.1) is 0 Å². The number of nitrogens with one attached hydrogen (secondary N) is 1. The zero-order chi connectivity index (χ0) is 27.1. The van der Waals surface area contributed by atoms with Crippen molar-refractivity contribution in [3.05, 3.63) is 107 Å². The highest BCUT2D eigenvalue weighted by Crippen LogP contribution is 2.41. The largest absolute Gasteiger partial charge is 0.493 e. The summed E-state index contributed by atoms with van der Waals surface area (Å²) in [6.45, 7) is 2.29. The molecule has 39 heavy (non-hydrogen) atoms. The minimum absolute atomic E-state index is 0.155. The Hall–Kier alpha value is -4.27. The maximum Gasteiger partial charge on any atom is 0.269 e. The lowest BCUT2D eigenvalue weighted by atomic mass is 10.1. The summed E-state index contributed by atoms with van der Waals surface area (Å²) >= 11 is 6.50. The van der Waals surface area contributed by atoms with Gasteiger partial charge in [-0.1, -0.05) is 59.6 Å². The highest BCUT2D eigenvalue weighted by molar-refractivity contribution is 7.90. The number of methoxy groups -OCH3 is 1. The molecule has 6 rings (SSSR count). The molecule has 6 aromatic rings. The van der Waals surface area contributed by atoms with E-state index in [4.69, 9.17) is 21.1 Å². The van der Waals surface area contributed by atoms with Gasteiger partial charge in [0, 0.05) is 34.8 Å². The predicted octanol–water partition coefficient (Wildman–Crippen LogP) is 6.97. The third kappa shape index (κ3) is 4.41. The van der Waals surface area contributed by atoms with Crippen LogP contribution in [0.1, 0.15) is 11.1 Å². The zero-order valence-corrected chi connectivity index (χ0v) is 22.8. The standard InChI is InChI=1S/C30H24ClN3O4S/c1-19-8-10-21(11-9-19)39(35,36)34-27(14-23-25(31)12-13-32-30(23)34)24-17-33-26-16-29(28(37-2)15-22(24)26)38-18-20-6-4-3-5-7-20/h3-17,33H,18H2,1-2H3. The van der Waals surface area contributed by atoms with Crippen LogP contribution in [0, 0.1) is 6.92 Å². The highest BCUT2D eigenvalue weighted by atomic mass is 35.5. The van der Waals surface area contributed by atoms with Gasteiger partial charge in [0.25, 0.3) is 10.0 Å². The van der Waals surface area contributed by atoms with E-state index in [2.05, 4.69) is 9.97 Å². The summed E-state index contributed by atoms with van der Waals surface area (Å²) in [6.07, 6.45) is 3.28. The lowest BCUT2D eigenvalue weighted by Gasteiger charge is -2.13. The van der Waals surface area contributed by atoms with E-state index in [1.54, 1.807) is 49.7 Å². The maximum atomic E-state index is 14.0. The Bertz CT molecular complexity index is 1930. The van der Waals surface area contributed by atoms with Gasteiger partial charge < -0.3 is 14.5 Å². The summed E-state index contributed by atoms with van der Waals surface area (Å²) in [7, 11) is -2.44. The maximum absolute atomic E-state index is 14.0. The monoisotopic (exact) mass is 557 g/mol. The van der Waals surface area contributed by atoms with Gasteiger partial charge in [0.2, 0.25) is 0 Å². The third-order valence-electron chi connectivity index (χ3n) is 6.65. The average molecular weight is 558 g/mol. The number of aromatic nitrogens is 3. The van der Waals surface area contributed by atoms with Gasteiger partial charge in [-0.25, -0.2) is 17.4 Å². The van der Waals surface area contributed by atoms with Crippen molar-refractivity contribution in [2.45, 2.75) is 18.4 Å². The van der Waals surface area contributed by atoms with Crippen molar-refractivity contribution in [1.29, 1.82) is 0 Å². The fourth-order valence-corrected chi connectivity index (χ4v) is 6.31. The van der Waals surface area contributed by atoms with Gasteiger partial charge in [0.1, 0.15) is 6.61 Å². The van der Waals surface area contributed by atoms with Gasteiger partial charge in [0.05, 0.1) is 28.2 Å². The van der Waals surface area contributed by atoms with E-state index in [-0.39, 0.29) is 10.5 Å². The fraction of sp³-hybridized carbons (Fsp3) is 0.100. The van der Waals surface area contributed by atoms with Crippen molar-refractivity contribution in [3.63, 3.8) is 0 Å². The van der Waals surface area contributed by atoms with Gasteiger partial charge in [-0.05, 0) is 42.8 Å². The molecule has 196 valence electrons. The first kappa shape index (κ1) is 25.0. The second kappa shape index (κ2) is 9.80. The van der Waals surface area contributed by atoms with Gasteiger partial charge >= 0.3 is 0 Å². The Labute approximate surface area is 230 Å². The first-order chi connectivity index (χ1) is 18.9. The first-order valence-corrected chi connectivity index (χ1v) is 14.0. The molecular weight excluding hydrogens is 534 g/mol. The van der Waals surface area contributed by atoms with Gasteiger partial charge in [-0.2, -0.15) is 0 Å². The first-order valence-electron chi connectivity index (χ1n) is 12.2. The molecule has 0 aliphatic rings. The van der Waals surface area contributed by atoms with E-state index in [9.17, 15) is 8.42 Å². The number of aromatic amines is 1. The molecule has 0 amide bonds. The SMILES string of the molecule is COc1cc2c(-c3cc4c(Cl)ccnc4n3S(=O)(=O)c3ccc(C)cc3)c[nH]c2cc1OCc1ccccc1. The number of ether oxygens (including phenoxy) is 2. The quantitative estimate of drug-likeness (QED) is 0.229. The molecule has 0 saturated heterocycles. The fourth-order valence-electron chi connectivity index (χ4n) is 4.64. The molecule has 0 fully saturated rings. The normalized spacial score (nSPS) is 11.8. The topological polar surface area (TPSA) is 86.2 Å². The molecule has 1 N–H and O–H groups in total. The van der Waals surface area contributed by atoms with Crippen molar-refractivity contribution in [2.24, 2.45) is 0 Å². The molecule has 0 saturated carbocycles. The lowest BCUT2D eigenvalue weighted by molar-refractivity contribution is 0.285. The number of nitrogens with zero attached hydrogens (tertiary/aromatic N) is 2. The summed E-state index contributed by atoms with van der Waals surface area (Å²) in [5.41, 5.74) is 4.09. The van der Waals surface area contributed by atoms with Crippen molar-refractivity contribution >= 4 is 43.6 Å². The van der Waals surface area contributed by atoms with Crippen LogP contribution < -0.4 is 9.47 Å². The van der Waals surface area contributed by atoms with Crippen LogP contribution in [0.4, 0.5) is 0 Å². The van der Waals surface area contributed by atoms with Crippen LogP contribution in [0.3, 0.4) is 0 Å². The molecule has 0 spiro atoms. The molecule has 0 atom stereocenters. The molecule has 9 heteroatoms. The van der Waals surface area contributed by atoms with E-state index in [1.165, 1.54) is 10.2 Å². The highest BCUT2D eigenvalue weighted by Gasteiger charge is 2.27. The zero-order valence-electron chi connectivity index (χ0n) is 21.2. The number of halogens is 1. The lowest BCUT2D eigenvalue weighted by Crippen LogP contribution is -2.14. The molecule has 3 heterocycles. The molecule has 3 aromatic heterocycles. The summed E-state index contributed by atoms with van der Waals surface area (Å²) in [5.74, 6) is 1.10. The number of H-pyrrole nitrogens is 1. The van der Waals surface area contributed by atoms with Crippen LogP contribution in [0.2, 0.25) is 5.02 Å². The van der Waals surface area contributed by atoms with Crippen molar-refractivity contribution in [1.82, 2.24) is 13.9 Å².